The summed E-state index contributed by atoms with van der Waals surface area (Å²) in [5.74, 6) is 1.67. The van der Waals surface area contributed by atoms with Gasteiger partial charge < -0.3 is 0 Å². The van der Waals surface area contributed by atoms with Crippen LogP contribution >= 0.6 is 0 Å². The van der Waals surface area contributed by atoms with E-state index in [1.807, 2.05) is 0 Å². The molecule has 84 valence electrons. The molecule has 0 fully saturated rings. The summed E-state index contributed by atoms with van der Waals surface area (Å²) in [6.07, 6.45) is 10.2. The molecular formula is C15H24. The smallest absolute Gasteiger partial charge is 0.0143 e. The van der Waals surface area contributed by atoms with Gasteiger partial charge in [0.1, 0.15) is 0 Å². The lowest BCUT2D eigenvalue weighted by Gasteiger charge is -2.45. The largest absolute Gasteiger partial charge is 0.0850 e. The van der Waals surface area contributed by atoms with E-state index in [9.17, 15) is 0 Å². The monoisotopic (exact) mass is 204 g/mol. The van der Waals surface area contributed by atoms with E-state index in [1.165, 1.54) is 25.7 Å². The first kappa shape index (κ1) is 11.0. The molecule has 0 bridgehead atoms. The van der Waals surface area contributed by atoms with Crippen molar-refractivity contribution >= 4 is 0 Å². The maximum atomic E-state index is 2.51. The summed E-state index contributed by atoms with van der Waals surface area (Å²) in [5.41, 5.74) is 3.78. The summed E-state index contributed by atoms with van der Waals surface area (Å²) >= 11 is 0. The standard InChI is InChI=1S/C15H24/c1-11-5-8-14-12(2)6-7-13(3)15(14,4)10-9-11/h6,9,13-14H,5,7-8,10H2,1-4H3/t13-,14?,15+/m0/s1. The van der Waals surface area contributed by atoms with Gasteiger partial charge in [0.2, 0.25) is 0 Å². The van der Waals surface area contributed by atoms with Crippen LogP contribution in [-0.4, -0.2) is 0 Å². The molecule has 2 rings (SSSR count). The van der Waals surface area contributed by atoms with Gasteiger partial charge in [0.25, 0.3) is 0 Å². The number of hydrogen-bond donors (Lipinski definition) is 0. The van der Waals surface area contributed by atoms with Crippen LogP contribution < -0.4 is 0 Å². The number of hydrogen-bond acceptors (Lipinski definition) is 0. The first-order valence-corrected chi connectivity index (χ1v) is 6.36. The lowest BCUT2D eigenvalue weighted by atomic mass is 9.60. The van der Waals surface area contributed by atoms with Gasteiger partial charge in [-0.15, -0.1) is 0 Å². The summed E-state index contributed by atoms with van der Waals surface area (Å²) in [6.45, 7) is 9.58. The third-order valence-electron chi connectivity index (χ3n) is 4.98. The second kappa shape index (κ2) is 3.81. The Hall–Kier alpha value is -0.520. The molecule has 3 atom stereocenters. The van der Waals surface area contributed by atoms with Crippen LogP contribution in [0.25, 0.3) is 0 Å². The Morgan fingerprint density at radius 2 is 2.00 bits per heavy atom. The molecule has 2 aliphatic rings. The fourth-order valence-corrected chi connectivity index (χ4v) is 3.41. The zero-order valence-corrected chi connectivity index (χ0v) is 10.6. The molecular weight excluding hydrogens is 180 g/mol. The molecule has 0 nitrogen and oxygen atoms in total. The lowest BCUT2D eigenvalue weighted by Crippen LogP contribution is -2.36. The van der Waals surface area contributed by atoms with Gasteiger partial charge >= 0.3 is 0 Å². The van der Waals surface area contributed by atoms with Gasteiger partial charge in [0.05, 0.1) is 0 Å². The average molecular weight is 204 g/mol. The molecule has 0 N–H and O–H groups in total. The van der Waals surface area contributed by atoms with E-state index in [0.717, 1.165) is 11.8 Å². The van der Waals surface area contributed by atoms with Crippen LogP contribution in [0.1, 0.15) is 53.4 Å². The molecule has 0 aromatic heterocycles. The van der Waals surface area contributed by atoms with Gasteiger partial charge in [-0.25, -0.2) is 0 Å². The van der Waals surface area contributed by atoms with E-state index in [2.05, 4.69) is 39.8 Å². The minimum atomic E-state index is 0.524. The Morgan fingerprint density at radius 3 is 2.73 bits per heavy atom. The first-order chi connectivity index (χ1) is 7.04. The molecule has 0 aliphatic heterocycles. The Kier molecular flexibility index (Phi) is 2.79. The first-order valence-electron chi connectivity index (χ1n) is 6.36. The zero-order chi connectivity index (χ0) is 11.1. The van der Waals surface area contributed by atoms with Crippen molar-refractivity contribution < 1.29 is 0 Å². The van der Waals surface area contributed by atoms with Gasteiger partial charge in [-0.1, -0.05) is 37.1 Å². The van der Waals surface area contributed by atoms with Crippen molar-refractivity contribution in [1.82, 2.24) is 0 Å². The van der Waals surface area contributed by atoms with Crippen LogP contribution in [0.15, 0.2) is 23.3 Å². The zero-order valence-electron chi connectivity index (χ0n) is 10.6. The maximum absolute atomic E-state index is 2.51. The number of rotatable bonds is 0. The van der Waals surface area contributed by atoms with Crippen molar-refractivity contribution in [3.8, 4) is 0 Å². The molecule has 0 heteroatoms. The maximum Gasteiger partial charge on any atom is -0.0143 e. The topological polar surface area (TPSA) is 0 Å². The Balaban J connectivity index is 2.34. The summed E-state index contributed by atoms with van der Waals surface area (Å²) in [4.78, 5) is 0. The fraction of sp³-hybridized carbons (Fsp3) is 0.733. The summed E-state index contributed by atoms with van der Waals surface area (Å²) in [7, 11) is 0. The third-order valence-corrected chi connectivity index (χ3v) is 4.98. The summed E-state index contributed by atoms with van der Waals surface area (Å²) in [6, 6.07) is 0. The van der Waals surface area contributed by atoms with Crippen molar-refractivity contribution in [3.05, 3.63) is 23.3 Å². The molecule has 0 heterocycles. The van der Waals surface area contributed by atoms with Crippen LogP contribution in [0.3, 0.4) is 0 Å². The highest BCUT2D eigenvalue weighted by molar-refractivity contribution is 5.19. The highest BCUT2D eigenvalue weighted by atomic mass is 14.5. The van der Waals surface area contributed by atoms with Crippen LogP contribution in [-0.2, 0) is 0 Å². The van der Waals surface area contributed by atoms with E-state index in [1.54, 1.807) is 11.1 Å². The third kappa shape index (κ3) is 1.79. The highest BCUT2D eigenvalue weighted by Gasteiger charge is 2.41. The van der Waals surface area contributed by atoms with Crippen LogP contribution in [0, 0.1) is 17.3 Å². The van der Waals surface area contributed by atoms with E-state index < -0.39 is 0 Å². The number of allylic oxidation sites excluding steroid dienone is 4. The predicted molar refractivity (Wildman–Crippen MR) is 66.7 cm³/mol. The molecule has 0 saturated carbocycles. The Labute approximate surface area is 94.5 Å². The van der Waals surface area contributed by atoms with Gasteiger partial charge in [0.15, 0.2) is 0 Å². The quantitative estimate of drug-likeness (QED) is 0.501. The van der Waals surface area contributed by atoms with Gasteiger partial charge in [-0.3, -0.25) is 0 Å². The van der Waals surface area contributed by atoms with Crippen molar-refractivity contribution in [1.29, 1.82) is 0 Å². The van der Waals surface area contributed by atoms with E-state index in [0.29, 0.717) is 5.41 Å². The predicted octanol–water partition coefficient (Wildman–Crippen LogP) is 4.73. The normalized spacial score (nSPS) is 41.3. The van der Waals surface area contributed by atoms with Crippen LogP contribution in [0.4, 0.5) is 0 Å². The molecule has 15 heavy (non-hydrogen) atoms. The molecule has 0 aromatic carbocycles. The Morgan fingerprint density at radius 1 is 1.27 bits per heavy atom. The molecule has 0 aromatic rings. The summed E-state index contributed by atoms with van der Waals surface area (Å²) in [5, 5.41) is 0. The number of fused-ring (bicyclic) bond motifs is 1. The Bertz CT molecular complexity index is 308. The van der Waals surface area contributed by atoms with Crippen molar-refractivity contribution in [3.63, 3.8) is 0 Å². The average Bonchev–Trinajstić information content (AvgIpc) is 2.35. The van der Waals surface area contributed by atoms with Crippen LogP contribution in [0.2, 0.25) is 0 Å². The minimum Gasteiger partial charge on any atom is -0.0850 e. The molecule has 1 unspecified atom stereocenters. The van der Waals surface area contributed by atoms with Gasteiger partial charge in [-0.2, -0.15) is 0 Å². The van der Waals surface area contributed by atoms with Gasteiger partial charge in [-0.05, 0) is 56.8 Å². The molecule has 0 saturated heterocycles. The lowest BCUT2D eigenvalue weighted by molar-refractivity contribution is 0.114. The van der Waals surface area contributed by atoms with Crippen LogP contribution in [0.5, 0.6) is 0 Å². The van der Waals surface area contributed by atoms with Crippen molar-refractivity contribution in [2.45, 2.75) is 53.4 Å². The van der Waals surface area contributed by atoms with Gasteiger partial charge in [0, 0.05) is 0 Å². The van der Waals surface area contributed by atoms with Crippen molar-refractivity contribution in [2.24, 2.45) is 17.3 Å². The second-order valence-corrected chi connectivity index (χ2v) is 5.94. The van der Waals surface area contributed by atoms with E-state index >= 15 is 0 Å². The molecule has 2 aliphatic carbocycles. The highest BCUT2D eigenvalue weighted by Crippen LogP contribution is 2.51. The minimum absolute atomic E-state index is 0.524. The molecule has 0 amide bonds. The molecule has 0 spiro atoms. The second-order valence-electron chi connectivity index (χ2n) is 5.94. The van der Waals surface area contributed by atoms with E-state index in [4.69, 9.17) is 0 Å². The van der Waals surface area contributed by atoms with Crippen molar-refractivity contribution in [2.75, 3.05) is 0 Å². The SMILES string of the molecule is CC1=CC[C@@]2(C)C(CC1)C(C)=CC[C@@H]2C. The summed E-state index contributed by atoms with van der Waals surface area (Å²) < 4.78 is 0. The fourth-order valence-electron chi connectivity index (χ4n) is 3.41. The van der Waals surface area contributed by atoms with E-state index in [-0.39, 0.29) is 0 Å². The molecule has 0 radical (unpaired) electrons.